The minimum Gasteiger partial charge on any atom is -0.374 e. The highest BCUT2D eigenvalue weighted by Crippen LogP contribution is 2.36. The van der Waals surface area contributed by atoms with E-state index in [2.05, 4.69) is 37.3 Å². The summed E-state index contributed by atoms with van der Waals surface area (Å²) >= 11 is 0. The minimum atomic E-state index is 0.265. The molecule has 2 heteroatoms. The van der Waals surface area contributed by atoms with Gasteiger partial charge in [-0.1, -0.05) is 24.3 Å². The molecule has 0 amide bonds. The van der Waals surface area contributed by atoms with Gasteiger partial charge in [0.1, 0.15) is 0 Å². The van der Waals surface area contributed by atoms with E-state index in [9.17, 15) is 0 Å². The SMILES string of the molecule is CCO[C@@H]1C=C2c3ccccc3CO[C@@H]2CC1. The summed E-state index contributed by atoms with van der Waals surface area (Å²) in [5.41, 5.74) is 3.98. The van der Waals surface area contributed by atoms with Crippen LogP contribution < -0.4 is 0 Å². The molecule has 17 heavy (non-hydrogen) atoms. The summed E-state index contributed by atoms with van der Waals surface area (Å²) in [6.45, 7) is 3.58. The summed E-state index contributed by atoms with van der Waals surface area (Å²) in [7, 11) is 0. The molecule has 3 rings (SSSR count). The first-order chi connectivity index (χ1) is 8.38. The monoisotopic (exact) mass is 230 g/mol. The van der Waals surface area contributed by atoms with Gasteiger partial charge in [0.2, 0.25) is 0 Å². The molecule has 1 aromatic carbocycles. The topological polar surface area (TPSA) is 18.5 Å². The Morgan fingerprint density at radius 1 is 1.29 bits per heavy atom. The number of fused-ring (bicyclic) bond motifs is 3. The Balaban J connectivity index is 1.97. The van der Waals surface area contributed by atoms with Crippen molar-refractivity contribution >= 4 is 5.57 Å². The van der Waals surface area contributed by atoms with Gasteiger partial charge in [0, 0.05) is 6.61 Å². The quantitative estimate of drug-likeness (QED) is 0.777. The van der Waals surface area contributed by atoms with E-state index in [0.29, 0.717) is 0 Å². The second kappa shape index (κ2) is 4.63. The summed E-state index contributed by atoms with van der Waals surface area (Å²) in [5, 5.41) is 0. The second-order valence-corrected chi connectivity index (χ2v) is 4.65. The van der Waals surface area contributed by atoms with Gasteiger partial charge in [0.15, 0.2) is 0 Å². The predicted molar refractivity (Wildman–Crippen MR) is 67.6 cm³/mol. The highest BCUT2D eigenvalue weighted by Gasteiger charge is 2.29. The fraction of sp³-hybridized carbons (Fsp3) is 0.467. The molecule has 2 atom stereocenters. The van der Waals surface area contributed by atoms with Crippen molar-refractivity contribution in [3.8, 4) is 0 Å². The lowest BCUT2D eigenvalue weighted by molar-refractivity contribution is 0.0320. The Labute approximate surface area is 102 Å². The number of rotatable bonds is 2. The Morgan fingerprint density at radius 2 is 2.18 bits per heavy atom. The van der Waals surface area contributed by atoms with Gasteiger partial charge in [-0.3, -0.25) is 0 Å². The Bertz CT molecular complexity index is 436. The molecule has 0 saturated carbocycles. The molecule has 2 nitrogen and oxygen atoms in total. The smallest absolute Gasteiger partial charge is 0.0834 e. The standard InChI is InChI=1S/C15H18O2/c1-2-16-12-7-8-15-14(9-12)13-6-4-3-5-11(13)10-17-15/h3-6,9,12,15H,2,7-8,10H2,1H3/t12-,15+/m0/s1. The van der Waals surface area contributed by atoms with Crippen molar-refractivity contribution in [3.63, 3.8) is 0 Å². The van der Waals surface area contributed by atoms with E-state index in [1.165, 1.54) is 16.7 Å². The molecule has 2 aliphatic rings. The maximum Gasteiger partial charge on any atom is 0.0834 e. The van der Waals surface area contributed by atoms with E-state index in [1.54, 1.807) is 0 Å². The van der Waals surface area contributed by atoms with Gasteiger partial charge >= 0.3 is 0 Å². The molecule has 0 N–H and O–H groups in total. The lowest BCUT2D eigenvalue weighted by atomic mass is 9.85. The summed E-state index contributed by atoms with van der Waals surface area (Å²) in [6.07, 6.45) is 4.95. The van der Waals surface area contributed by atoms with Gasteiger partial charge in [-0.25, -0.2) is 0 Å². The first-order valence-corrected chi connectivity index (χ1v) is 6.41. The van der Waals surface area contributed by atoms with Gasteiger partial charge < -0.3 is 9.47 Å². The van der Waals surface area contributed by atoms with Crippen LogP contribution in [0.5, 0.6) is 0 Å². The van der Waals surface area contributed by atoms with Crippen molar-refractivity contribution in [1.82, 2.24) is 0 Å². The van der Waals surface area contributed by atoms with E-state index in [4.69, 9.17) is 9.47 Å². The molecule has 1 heterocycles. The number of hydrogen-bond donors (Lipinski definition) is 0. The van der Waals surface area contributed by atoms with Crippen LogP contribution in [0, 0.1) is 0 Å². The minimum absolute atomic E-state index is 0.265. The van der Waals surface area contributed by atoms with Crippen LogP contribution in [0.25, 0.3) is 5.57 Å². The molecule has 0 bridgehead atoms. The lowest BCUT2D eigenvalue weighted by Crippen LogP contribution is -2.28. The molecule has 0 unspecified atom stereocenters. The molecule has 90 valence electrons. The average Bonchev–Trinajstić information content (AvgIpc) is 2.39. The van der Waals surface area contributed by atoms with Crippen molar-refractivity contribution in [2.45, 2.75) is 38.6 Å². The molecule has 0 saturated heterocycles. The Hall–Kier alpha value is -1.12. The van der Waals surface area contributed by atoms with E-state index in [0.717, 1.165) is 26.1 Å². The van der Waals surface area contributed by atoms with Crippen LogP contribution in [0.2, 0.25) is 0 Å². The molecular weight excluding hydrogens is 212 g/mol. The van der Waals surface area contributed by atoms with E-state index in [1.807, 2.05) is 0 Å². The van der Waals surface area contributed by atoms with Gasteiger partial charge in [0.05, 0.1) is 18.8 Å². The highest BCUT2D eigenvalue weighted by atomic mass is 16.5. The molecular formula is C15H18O2. The molecule has 0 aromatic heterocycles. The molecule has 0 spiro atoms. The number of ether oxygens (including phenoxy) is 2. The van der Waals surface area contributed by atoms with Gasteiger partial charge in [0.25, 0.3) is 0 Å². The maximum atomic E-state index is 5.91. The van der Waals surface area contributed by atoms with Crippen LogP contribution >= 0.6 is 0 Å². The summed E-state index contributed by atoms with van der Waals surface area (Å²) in [5.74, 6) is 0. The number of benzene rings is 1. The van der Waals surface area contributed by atoms with Gasteiger partial charge in [-0.2, -0.15) is 0 Å². The zero-order valence-corrected chi connectivity index (χ0v) is 10.2. The molecule has 0 radical (unpaired) electrons. The third kappa shape index (κ3) is 2.03. The maximum absolute atomic E-state index is 5.91. The van der Waals surface area contributed by atoms with Crippen LogP contribution in [0.1, 0.15) is 30.9 Å². The second-order valence-electron chi connectivity index (χ2n) is 4.65. The highest BCUT2D eigenvalue weighted by molar-refractivity contribution is 5.73. The van der Waals surface area contributed by atoms with E-state index in [-0.39, 0.29) is 12.2 Å². The third-order valence-electron chi connectivity index (χ3n) is 3.57. The van der Waals surface area contributed by atoms with Crippen molar-refractivity contribution in [1.29, 1.82) is 0 Å². The summed E-state index contributed by atoms with van der Waals surface area (Å²) in [4.78, 5) is 0. The molecule has 0 fully saturated rings. The van der Waals surface area contributed by atoms with Crippen molar-refractivity contribution in [2.75, 3.05) is 6.61 Å². The van der Waals surface area contributed by atoms with E-state index >= 15 is 0 Å². The Kier molecular flexibility index (Phi) is 3.00. The van der Waals surface area contributed by atoms with Crippen LogP contribution in [0.3, 0.4) is 0 Å². The zero-order chi connectivity index (χ0) is 11.7. The van der Waals surface area contributed by atoms with E-state index < -0.39 is 0 Å². The first kappa shape index (κ1) is 11.0. The number of hydrogen-bond acceptors (Lipinski definition) is 2. The van der Waals surface area contributed by atoms with Crippen molar-refractivity contribution < 1.29 is 9.47 Å². The molecule has 1 aliphatic heterocycles. The summed E-state index contributed by atoms with van der Waals surface area (Å²) in [6, 6.07) is 8.53. The first-order valence-electron chi connectivity index (χ1n) is 6.41. The van der Waals surface area contributed by atoms with Crippen molar-refractivity contribution in [3.05, 3.63) is 41.5 Å². The van der Waals surface area contributed by atoms with Crippen LogP contribution in [0.4, 0.5) is 0 Å². The van der Waals surface area contributed by atoms with Crippen LogP contribution in [-0.4, -0.2) is 18.8 Å². The Morgan fingerprint density at radius 3 is 3.06 bits per heavy atom. The fourth-order valence-electron chi connectivity index (χ4n) is 2.76. The molecule has 1 aliphatic carbocycles. The van der Waals surface area contributed by atoms with Crippen molar-refractivity contribution in [2.24, 2.45) is 0 Å². The normalized spacial score (nSPS) is 27.0. The van der Waals surface area contributed by atoms with Crippen LogP contribution in [-0.2, 0) is 16.1 Å². The predicted octanol–water partition coefficient (Wildman–Crippen LogP) is 3.17. The van der Waals surface area contributed by atoms with Crippen LogP contribution in [0.15, 0.2) is 30.3 Å². The lowest BCUT2D eigenvalue weighted by Gasteiger charge is -2.33. The zero-order valence-electron chi connectivity index (χ0n) is 10.2. The van der Waals surface area contributed by atoms with Gasteiger partial charge in [-0.05, 0) is 42.5 Å². The fourth-order valence-corrected chi connectivity index (χ4v) is 2.76. The van der Waals surface area contributed by atoms with Gasteiger partial charge in [-0.15, -0.1) is 0 Å². The third-order valence-corrected chi connectivity index (χ3v) is 3.57. The largest absolute Gasteiger partial charge is 0.374 e. The molecule has 1 aromatic rings. The summed E-state index contributed by atoms with van der Waals surface area (Å²) < 4.78 is 11.6. The average molecular weight is 230 g/mol.